The van der Waals surface area contributed by atoms with Crippen molar-refractivity contribution in [1.82, 2.24) is 0 Å². The van der Waals surface area contributed by atoms with E-state index in [1.807, 2.05) is 0 Å². The van der Waals surface area contributed by atoms with Crippen LogP contribution in [-0.2, 0) is 9.47 Å². The number of halogens is 1. The van der Waals surface area contributed by atoms with Crippen molar-refractivity contribution in [3.63, 3.8) is 0 Å². The Morgan fingerprint density at radius 3 is 2.83 bits per heavy atom. The Hall–Kier alpha value is -1.26. The molecule has 1 saturated heterocycles. The minimum atomic E-state index is -0.380. The molecule has 18 heavy (non-hydrogen) atoms. The van der Waals surface area contributed by atoms with Crippen LogP contribution >= 0.6 is 0 Å². The Morgan fingerprint density at radius 1 is 1.39 bits per heavy atom. The summed E-state index contributed by atoms with van der Waals surface area (Å²) < 4.78 is 23.8. The molecule has 0 aromatic heterocycles. The Morgan fingerprint density at radius 2 is 2.11 bits per heavy atom. The molecule has 98 valence electrons. The molecule has 0 saturated carbocycles. The summed E-state index contributed by atoms with van der Waals surface area (Å²) in [6.45, 7) is 3.16. The van der Waals surface area contributed by atoms with Crippen molar-refractivity contribution in [3.05, 3.63) is 35.1 Å². The first-order valence-electron chi connectivity index (χ1n) is 6.19. The summed E-state index contributed by atoms with van der Waals surface area (Å²) in [6.07, 6.45) is 1.44. The van der Waals surface area contributed by atoms with Crippen LogP contribution in [0.25, 0.3) is 0 Å². The number of carbonyl (C=O) groups is 1. The lowest BCUT2D eigenvalue weighted by Gasteiger charge is -2.22. The summed E-state index contributed by atoms with van der Waals surface area (Å²) in [6, 6.07) is 4.27. The van der Waals surface area contributed by atoms with Crippen LogP contribution in [0.4, 0.5) is 4.39 Å². The van der Waals surface area contributed by atoms with E-state index in [1.54, 1.807) is 13.0 Å². The molecule has 0 atom stereocenters. The van der Waals surface area contributed by atoms with Gasteiger partial charge in [-0.2, -0.15) is 0 Å². The van der Waals surface area contributed by atoms with E-state index in [1.165, 1.54) is 12.1 Å². The molecule has 1 aromatic rings. The molecule has 1 heterocycles. The predicted molar refractivity (Wildman–Crippen MR) is 65.0 cm³/mol. The molecule has 0 N–H and O–H groups in total. The molecule has 0 amide bonds. The monoisotopic (exact) mass is 252 g/mol. The van der Waals surface area contributed by atoms with E-state index in [-0.39, 0.29) is 17.9 Å². The van der Waals surface area contributed by atoms with Gasteiger partial charge in [0.25, 0.3) is 0 Å². The van der Waals surface area contributed by atoms with E-state index in [9.17, 15) is 9.18 Å². The zero-order valence-corrected chi connectivity index (χ0v) is 10.4. The molecule has 1 aromatic carbocycles. The second kappa shape index (κ2) is 6.07. The first-order valence-corrected chi connectivity index (χ1v) is 6.19. The lowest BCUT2D eigenvalue weighted by atomic mass is 10.0. The molecule has 4 heteroatoms. The topological polar surface area (TPSA) is 35.5 Å². The minimum Gasteiger partial charge on any atom is -0.353 e. The van der Waals surface area contributed by atoms with E-state index in [2.05, 4.69) is 0 Å². The molecule has 0 aliphatic carbocycles. The van der Waals surface area contributed by atoms with Crippen LogP contribution in [0.3, 0.4) is 0 Å². The highest BCUT2D eigenvalue weighted by molar-refractivity contribution is 5.97. The molecule has 2 rings (SSSR count). The van der Waals surface area contributed by atoms with Crippen molar-refractivity contribution in [2.45, 2.75) is 32.5 Å². The highest BCUT2D eigenvalue weighted by atomic mass is 19.1. The molecule has 1 aliphatic rings. The molecule has 0 radical (unpaired) electrons. The normalized spacial score (nSPS) is 16.8. The highest BCUT2D eigenvalue weighted by Crippen LogP contribution is 2.16. The van der Waals surface area contributed by atoms with E-state index in [0.29, 0.717) is 31.6 Å². The Labute approximate surface area is 106 Å². The average Bonchev–Trinajstić information content (AvgIpc) is 2.40. The molecule has 1 aliphatic heterocycles. The first kappa shape index (κ1) is 13.2. The van der Waals surface area contributed by atoms with Gasteiger partial charge in [0.05, 0.1) is 13.2 Å². The quantitative estimate of drug-likeness (QED) is 0.773. The summed E-state index contributed by atoms with van der Waals surface area (Å²) in [5.74, 6) is -0.445. The molecule has 3 nitrogen and oxygen atoms in total. The van der Waals surface area contributed by atoms with Crippen molar-refractivity contribution < 1.29 is 18.7 Å². The van der Waals surface area contributed by atoms with Crippen LogP contribution in [0.15, 0.2) is 18.2 Å². The fourth-order valence-corrected chi connectivity index (χ4v) is 1.98. The Bertz CT molecular complexity index is 425. The van der Waals surface area contributed by atoms with E-state index >= 15 is 0 Å². The summed E-state index contributed by atoms with van der Waals surface area (Å²) >= 11 is 0. The van der Waals surface area contributed by atoms with E-state index < -0.39 is 0 Å². The minimum absolute atomic E-state index is 0.0650. The number of Topliss-reactive ketones (excluding diaryl/α,β-unsaturated/α-hetero) is 1. The van der Waals surface area contributed by atoms with Gasteiger partial charge >= 0.3 is 0 Å². The second-order valence-corrected chi connectivity index (χ2v) is 4.45. The maximum Gasteiger partial charge on any atom is 0.163 e. The van der Waals surface area contributed by atoms with Crippen LogP contribution < -0.4 is 0 Å². The molecule has 0 bridgehead atoms. The van der Waals surface area contributed by atoms with Gasteiger partial charge in [0.1, 0.15) is 5.82 Å². The Kier molecular flexibility index (Phi) is 4.44. The third-order valence-electron chi connectivity index (χ3n) is 3.00. The van der Waals surface area contributed by atoms with Crippen LogP contribution in [0, 0.1) is 12.7 Å². The van der Waals surface area contributed by atoms with Crippen molar-refractivity contribution in [2.24, 2.45) is 0 Å². The number of benzene rings is 1. The number of hydrogen-bond acceptors (Lipinski definition) is 3. The van der Waals surface area contributed by atoms with Gasteiger partial charge in [-0.15, -0.1) is 0 Å². The largest absolute Gasteiger partial charge is 0.353 e. The maximum atomic E-state index is 13.1. The van der Waals surface area contributed by atoms with Crippen molar-refractivity contribution >= 4 is 5.78 Å². The second-order valence-electron chi connectivity index (χ2n) is 4.45. The van der Waals surface area contributed by atoms with Crippen LogP contribution in [0.1, 0.15) is 35.2 Å². The Balaban J connectivity index is 1.92. The van der Waals surface area contributed by atoms with Gasteiger partial charge in [-0.25, -0.2) is 4.39 Å². The molecular formula is C14H17FO3. The summed E-state index contributed by atoms with van der Waals surface area (Å²) in [5.41, 5.74) is 1.25. The van der Waals surface area contributed by atoms with Gasteiger partial charge in [0, 0.05) is 18.4 Å². The first-order chi connectivity index (χ1) is 8.66. The standard InChI is InChI=1S/C14H17FO3/c1-10-3-4-11(15)9-12(10)13(16)5-6-14-17-7-2-8-18-14/h3-4,9,14H,2,5-8H2,1H3. The van der Waals surface area contributed by atoms with Gasteiger partial charge in [-0.3, -0.25) is 4.79 Å². The lowest BCUT2D eigenvalue weighted by molar-refractivity contribution is -0.180. The van der Waals surface area contributed by atoms with Crippen LogP contribution in [0.5, 0.6) is 0 Å². The van der Waals surface area contributed by atoms with Gasteiger partial charge < -0.3 is 9.47 Å². The molecule has 1 fully saturated rings. The van der Waals surface area contributed by atoms with Gasteiger partial charge in [-0.1, -0.05) is 6.07 Å². The molecule has 0 unspecified atom stereocenters. The smallest absolute Gasteiger partial charge is 0.163 e. The van der Waals surface area contributed by atoms with Crippen LogP contribution in [0.2, 0.25) is 0 Å². The number of ether oxygens (including phenoxy) is 2. The molecule has 0 spiro atoms. The summed E-state index contributed by atoms with van der Waals surface area (Å²) in [5, 5.41) is 0. The number of aryl methyl sites for hydroxylation is 1. The number of hydrogen-bond donors (Lipinski definition) is 0. The average molecular weight is 252 g/mol. The van der Waals surface area contributed by atoms with Crippen molar-refractivity contribution in [1.29, 1.82) is 0 Å². The SMILES string of the molecule is Cc1ccc(F)cc1C(=O)CCC1OCCCO1. The summed E-state index contributed by atoms with van der Waals surface area (Å²) in [7, 11) is 0. The summed E-state index contributed by atoms with van der Waals surface area (Å²) in [4.78, 5) is 12.0. The third-order valence-corrected chi connectivity index (χ3v) is 3.00. The zero-order valence-electron chi connectivity index (χ0n) is 10.4. The molecular weight excluding hydrogens is 235 g/mol. The highest BCUT2D eigenvalue weighted by Gasteiger charge is 2.17. The number of rotatable bonds is 4. The van der Waals surface area contributed by atoms with E-state index in [4.69, 9.17) is 9.47 Å². The predicted octanol–water partition coefficient (Wildman–Crippen LogP) is 2.86. The van der Waals surface area contributed by atoms with Gasteiger partial charge in [0.2, 0.25) is 0 Å². The van der Waals surface area contributed by atoms with E-state index in [0.717, 1.165) is 12.0 Å². The van der Waals surface area contributed by atoms with Crippen molar-refractivity contribution in [3.8, 4) is 0 Å². The lowest BCUT2D eigenvalue weighted by Crippen LogP contribution is -2.25. The fraction of sp³-hybridized carbons (Fsp3) is 0.500. The number of carbonyl (C=O) groups excluding carboxylic acids is 1. The van der Waals surface area contributed by atoms with Gasteiger partial charge in [-0.05, 0) is 31.0 Å². The fourth-order valence-electron chi connectivity index (χ4n) is 1.98. The maximum absolute atomic E-state index is 13.1. The van der Waals surface area contributed by atoms with Crippen molar-refractivity contribution in [2.75, 3.05) is 13.2 Å². The van der Waals surface area contributed by atoms with Gasteiger partial charge in [0.15, 0.2) is 12.1 Å². The third kappa shape index (κ3) is 3.37. The zero-order chi connectivity index (χ0) is 13.0. The number of ketones is 1. The van der Waals surface area contributed by atoms with Crippen LogP contribution in [-0.4, -0.2) is 25.3 Å².